The zero-order valence-corrected chi connectivity index (χ0v) is 13.2. The lowest BCUT2D eigenvalue weighted by Crippen LogP contribution is -2.19. The molecule has 0 saturated heterocycles. The Morgan fingerprint density at radius 2 is 2.11 bits per heavy atom. The van der Waals surface area contributed by atoms with E-state index in [0.717, 1.165) is 23.7 Å². The lowest BCUT2D eigenvalue weighted by Gasteiger charge is -2.09. The van der Waals surface area contributed by atoms with Crippen LogP contribution in [0.15, 0.2) is 6.20 Å². The summed E-state index contributed by atoms with van der Waals surface area (Å²) in [4.78, 5) is 9.27. The minimum atomic E-state index is 0.908. The second-order valence-electron chi connectivity index (χ2n) is 5.33. The van der Waals surface area contributed by atoms with Crippen molar-refractivity contribution in [3.05, 3.63) is 22.5 Å². The molecule has 19 heavy (non-hydrogen) atoms. The molecule has 2 aromatic heterocycles. The normalized spacial score (nSPS) is 11.8. The molecule has 0 spiro atoms. The van der Waals surface area contributed by atoms with Crippen LogP contribution < -0.4 is 5.32 Å². The zero-order chi connectivity index (χ0) is 13.8. The first kappa shape index (κ1) is 14.5. The van der Waals surface area contributed by atoms with Crippen LogP contribution in [0.4, 0.5) is 0 Å². The maximum atomic E-state index is 4.61. The lowest BCUT2D eigenvalue weighted by molar-refractivity contribution is 0.391. The first-order valence-electron chi connectivity index (χ1n) is 6.87. The van der Waals surface area contributed by atoms with Crippen LogP contribution >= 0.6 is 11.3 Å². The highest BCUT2D eigenvalue weighted by Gasteiger charge is 2.10. The second-order valence-corrected chi connectivity index (χ2v) is 6.54. The molecule has 0 fully saturated rings. The van der Waals surface area contributed by atoms with Crippen LogP contribution in [0.3, 0.4) is 0 Å². The third-order valence-corrected chi connectivity index (χ3v) is 4.14. The molecule has 106 valence electrons. The number of aromatic nitrogens is 2. The largest absolute Gasteiger partial charge is 0.311 e. The number of nitrogens with one attached hydrogen (secondary N) is 1. The van der Waals surface area contributed by atoms with Gasteiger partial charge in [-0.3, -0.25) is 4.40 Å². The molecule has 1 N–H and O–H groups in total. The van der Waals surface area contributed by atoms with Crippen molar-refractivity contribution < 1.29 is 0 Å². The van der Waals surface area contributed by atoms with E-state index in [1.165, 1.54) is 30.0 Å². The van der Waals surface area contributed by atoms with Gasteiger partial charge in [-0.1, -0.05) is 0 Å². The summed E-state index contributed by atoms with van der Waals surface area (Å²) >= 11 is 1.76. The van der Waals surface area contributed by atoms with Crippen LogP contribution in [0.1, 0.15) is 29.1 Å². The fourth-order valence-electron chi connectivity index (χ4n) is 2.21. The van der Waals surface area contributed by atoms with Crippen molar-refractivity contribution in [3.63, 3.8) is 0 Å². The van der Waals surface area contributed by atoms with E-state index in [1.54, 1.807) is 11.3 Å². The zero-order valence-electron chi connectivity index (χ0n) is 12.4. The summed E-state index contributed by atoms with van der Waals surface area (Å²) in [6.07, 6.45) is 4.66. The summed E-state index contributed by atoms with van der Waals surface area (Å²) in [6, 6.07) is 0. The smallest absolute Gasteiger partial charge is 0.194 e. The van der Waals surface area contributed by atoms with Gasteiger partial charge in [-0.25, -0.2) is 4.98 Å². The average Bonchev–Trinajstić information content (AvgIpc) is 2.80. The highest BCUT2D eigenvalue weighted by Crippen LogP contribution is 2.20. The van der Waals surface area contributed by atoms with Gasteiger partial charge in [-0.05, 0) is 53.9 Å². The number of unbranched alkanes of at least 4 members (excludes halogenated alkanes) is 1. The third-order valence-electron chi connectivity index (χ3n) is 3.24. The van der Waals surface area contributed by atoms with E-state index in [-0.39, 0.29) is 0 Å². The van der Waals surface area contributed by atoms with Crippen LogP contribution in [0.25, 0.3) is 4.96 Å². The molecule has 5 heteroatoms. The maximum Gasteiger partial charge on any atom is 0.194 e. The standard InChI is InChI=1S/C14H24N4S/c1-11-10-18-13(12(2)16-14(18)19-11)9-15-7-5-6-8-17(3)4/h10,15H,5-9H2,1-4H3. The monoisotopic (exact) mass is 280 g/mol. The molecule has 0 bridgehead atoms. The van der Waals surface area contributed by atoms with Crippen LogP contribution in [-0.4, -0.2) is 41.5 Å². The Morgan fingerprint density at radius 1 is 1.32 bits per heavy atom. The number of nitrogens with zero attached hydrogens (tertiary/aromatic N) is 3. The summed E-state index contributed by atoms with van der Waals surface area (Å²) in [7, 11) is 4.25. The molecule has 0 atom stereocenters. The van der Waals surface area contributed by atoms with Crippen molar-refractivity contribution in [2.24, 2.45) is 0 Å². The van der Waals surface area contributed by atoms with Crippen molar-refractivity contribution >= 4 is 16.3 Å². The summed E-state index contributed by atoms with van der Waals surface area (Å²) < 4.78 is 2.22. The van der Waals surface area contributed by atoms with E-state index in [4.69, 9.17) is 0 Å². The molecule has 0 amide bonds. The SMILES string of the molecule is Cc1cn2c(CNCCCCN(C)C)c(C)nc2s1. The van der Waals surface area contributed by atoms with Crippen molar-refractivity contribution in [2.75, 3.05) is 27.2 Å². The summed E-state index contributed by atoms with van der Waals surface area (Å²) in [5.41, 5.74) is 2.44. The third kappa shape index (κ3) is 3.78. The molecular weight excluding hydrogens is 256 g/mol. The fraction of sp³-hybridized carbons (Fsp3) is 0.643. The van der Waals surface area contributed by atoms with Crippen molar-refractivity contribution in [3.8, 4) is 0 Å². The Morgan fingerprint density at radius 3 is 2.84 bits per heavy atom. The topological polar surface area (TPSA) is 32.6 Å². The van der Waals surface area contributed by atoms with E-state index in [1.807, 2.05) is 0 Å². The van der Waals surface area contributed by atoms with Crippen molar-refractivity contribution in [2.45, 2.75) is 33.2 Å². The minimum Gasteiger partial charge on any atom is -0.311 e. The molecule has 2 rings (SSSR count). The highest BCUT2D eigenvalue weighted by atomic mass is 32.1. The van der Waals surface area contributed by atoms with E-state index in [0.29, 0.717) is 0 Å². The molecule has 0 aliphatic rings. The first-order chi connectivity index (χ1) is 9.08. The van der Waals surface area contributed by atoms with Gasteiger partial charge in [0.05, 0.1) is 11.4 Å². The van der Waals surface area contributed by atoms with E-state index in [2.05, 4.69) is 53.7 Å². The van der Waals surface area contributed by atoms with Gasteiger partial charge in [-0.15, -0.1) is 11.3 Å². The van der Waals surface area contributed by atoms with Crippen LogP contribution in [0.2, 0.25) is 0 Å². The molecular formula is C14H24N4S. The Hall–Kier alpha value is -0.910. The number of hydrogen-bond donors (Lipinski definition) is 1. The molecule has 0 saturated carbocycles. The highest BCUT2D eigenvalue weighted by molar-refractivity contribution is 7.17. The fourth-order valence-corrected chi connectivity index (χ4v) is 3.10. The molecule has 4 nitrogen and oxygen atoms in total. The number of imidazole rings is 1. The molecule has 0 aromatic carbocycles. The molecule has 0 aliphatic heterocycles. The number of aryl methyl sites for hydroxylation is 2. The van der Waals surface area contributed by atoms with E-state index in [9.17, 15) is 0 Å². The van der Waals surface area contributed by atoms with Crippen molar-refractivity contribution in [1.29, 1.82) is 0 Å². The number of fused-ring (bicyclic) bond motifs is 1. The van der Waals surface area contributed by atoms with Crippen molar-refractivity contribution in [1.82, 2.24) is 19.6 Å². The number of hydrogen-bond acceptors (Lipinski definition) is 4. The summed E-state index contributed by atoms with van der Waals surface area (Å²) in [5.74, 6) is 0. The van der Waals surface area contributed by atoms with Gasteiger partial charge in [0.1, 0.15) is 0 Å². The van der Waals surface area contributed by atoms with Gasteiger partial charge in [0.2, 0.25) is 0 Å². The summed E-state index contributed by atoms with van der Waals surface area (Å²) in [6.45, 7) is 7.38. The Bertz CT molecular complexity index is 527. The van der Waals surface area contributed by atoms with Crippen LogP contribution in [0, 0.1) is 13.8 Å². The lowest BCUT2D eigenvalue weighted by atomic mass is 10.3. The average molecular weight is 280 g/mol. The molecule has 2 aromatic rings. The maximum absolute atomic E-state index is 4.61. The molecule has 0 radical (unpaired) electrons. The Balaban J connectivity index is 1.82. The molecule has 2 heterocycles. The minimum absolute atomic E-state index is 0.908. The predicted molar refractivity (Wildman–Crippen MR) is 82.0 cm³/mol. The quantitative estimate of drug-likeness (QED) is 0.791. The van der Waals surface area contributed by atoms with Gasteiger partial charge in [0.25, 0.3) is 0 Å². The number of thiazole rings is 1. The first-order valence-corrected chi connectivity index (χ1v) is 7.69. The Kier molecular flexibility index (Phi) is 4.96. The van der Waals surface area contributed by atoms with Gasteiger partial charge in [-0.2, -0.15) is 0 Å². The van der Waals surface area contributed by atoms with Gasteiger partial charge < -0.3 is 10.2 Å². The Labute approximate surface area is 119 Å². The number of rotatable bonds is 7. The van der Waals surface area contributed by atoms with E-state index < -0.39 is 0 Å². The van der Waals surface area contributed by atoms with Crippen LogP contribution in [0.5, 0.6) is 0 Å². The predicted octanol–water partition coefficient (Wildman–Crippen LogP) is 2.44. The van der Waals surface area contributed by atoms with Gasteiger partial charge in [0, 0.05) is 17.6 Å². The summed E-state index contributed by atoms with van der Waals surface area (Å²) in [5, 5.41) is 3.53. The van der Waals surface area contributed by atoms with Crippen LogP contribution in [-0.2, 0) is 6.54 Å². The second kappa shape index (κ2) is 6.50. The molecule has 0 aliphatic carbocycles. The molecule has 0 unspecified atom stereocenters. The van der Waals surface area contributed by atoms with E-state index >= 15 is 0 Å². The van der Waals surface area contributed by atoms with Gasteiger partial charge >= 0.3 is 0 Å². The van der Waals surface area contributed by atoms with Gasteiger partial charge in [0.15, 0.2) is 4.96 Å².